The van der Waals surface area contributed by atoms with Crippen LogP contribution in [0, 0.1) is 23.0 Å². The van der Waals surface area contributed by atoms with Crippen molar-refractivity contribution in [1.82, 2.24) is 14.3 Å². The molecule has 0 spiro atoms. The van der Waals surface area contributed by atoms with Gasteiger partial charge in [0, 0.05) is 38.6 Å². The molecule has 1 fully saturated rings. The van der Waals surface area contributed by atoms with Crippen LogP contribution in [0.4, 0.5) is 14.6 Å². The van der Waals surface area contributed by atoms with Crippen molar-refractivity contribution in [3.8, 4) is 6.07 Å². The summed E-state index contributed by atoms with van der Waals surface area (Å²) in [6, 6.07) is 3.69. The number of anilines is 1. The highest BCUT2D eigenvalue weighted by molar-refractivity contribution is 7.89. The molecule has 7 nitrogen and oxygen atoms in total. The summed E-state index contributed by atoms with van der Waals surface area (Å²) in [5, 5.41) is 9.04. The Morgan fingerprint density at radius 1 is 1.20 bits per heavy atom. The van der Waals surface area contributed by atoms with Gasteiger partial charge in [-0.2, -0.15) is 9.57 Å². The SMILES string of the molecule is CN(C1CN(c2nccnc2C#N)C1)S(=O)(=O)c1cc(F)cc(F)c1. The quantitative estimate of drug-likeness (QED) is 0.807. The minimum Gasteiger partial charge on any atom is -0.351 e. The summed E-state index contributed by atoms with van der Waals surface area (Å²) in [6.45, 7) is 0.585. The first-order chi connectivity index (χ1) is 11.8. The Morgan fingerprint density at radius 3 is 2.40 bits per heavy atom. The van der Waals surface area contributed by atoms with Crippen molar-refractivity contribution in [3.05, 3.63) is 47.9 Å². The lowest BCUT2D eigenvalue weighted by Gasteiger charge is -2.43. The van der Waals surface area contributed by atoms with Crippen molar-refractivity contribution in [2.75, 3.05) is 25.0 Å². The fourth-order valence-electron chi connectivity index (χ4n) is 2.54. The van der Waals surface area contributed by atoms with Crippen molar-refractivity contribution in [2.24, 2.45) is 0 Å². The molecule has 2 heterocycles. The number of nitriles is 1. The van der Waals surface area contributed by atoms with E-state index < -0.39 is 32.6 Å². The molecule has 0 saturated carbocycles. The second-order valence-electron chi connectivity index (χ2n) is 5.53. The Labute approximate surface area is 143 Å². The highest BCUT2D eigenvalue weighted by Gasteiger charge is 2.38. The van der Waals surface area contributed by atoms with Crippen molar-refractivity contribution in [3.63, 3.8) is 0 Å². The zero-order valence-corrected chi connectivity index (χ0v) is 13.9. The van der Waals surface area contributed by atoms with Crippen LogP contribution < -0.4 is 4.90 Å². The number of sulfonamides is 1. The lowest BCUT2D eigenvalue weighted by atomic mass is 10.1. The van der Waals surface area contributed by atoms with Gasteiger partial charge in [-0.05, 0) is 12.1 Å². The number of rotatable bonds is 4. The molecule has 130 valence electrons. The van der Waals surface area contributed by atoms with Gasteiger partial charge < -0.3 is 4.90 Å². The maximum absolute atomic E-state index is 13.3. The second kappa shape index (κ2) is 6.34. The van der Waals surface area contributed by atoms with E-state index in [1.807, 2.05) is 6.07 Å². The van der Waals surface area contributed by atoms with Crippen LogP contribution in [0.3, 0.4) is 0 Å². The summed E-state index contributed by atoms with van der Waals surface area (Å²) in [6.07, 6.45) is 2.84. The van der Waals surface area contributed by atoms with Gasteiger partial charge in [0.05, 0.1) is 10.9 Å². The summed E-state index contributed by atoms with van der Waals surface area (Å²) in [4.78, 5) is 9.26. The number of nitrogens with zero attached hydrogens (tertiary/aromatic N) is 5. The number of benzene rings is 1. The van der Waals surface area contributed by atoms with Crippen LogP contribution >= 0.6 is 0 Å². The molecule has 1 aliphatic heterocycles. The second-order valence-corrected chi connectivity index (χ2v) is 7.52. The average molecular weight is 365 g/mol. The summed E-state index contributed by atoms with van der Waals surface area (Å²) in [5.74, 6) is -1.54. The van der Waals surface area contributed by atoms with E-state index >= 15 is 0 Å². The van der Waals surface area contributed by atoms with Crippen LogP contribution in [0.5, 0.6) is 0 Å². The Balaban J connectivity index is 1.77. The average Bonchev–Trinajstić information content (AvgIpc) is 2.53. The number of halogens is 2. The van der Waals surface area contributed by atoms with Crippen molar-refractivity contribution < 1.29 is 17.2 Å². The summed E-state index contributed by atoms with van der Waals surface area (Å²) in [7, 11) is -2.69. The maximum atomic E-state index is 13.3. The standard InChI is InChI=1S/C15H13F2N5O2S/c1-21(25(23,24)13-5-10(16)4-11(17)6-13)12-8-22(9-12)15-14(7-18)19-2-3-20-15/h2-6,12H,8-9H2,1H3. The molecule has 0 amide bonds. The van der Waals surface area contributed by atoms with E-state index in [1.54, 1.807) is 4.90 Å². The van der Waals surface area contributed by atoms with Crippen molar-refractivity contribution in [2.45, 2.75) is 10.9 Å². The van der Waals surface area contributed by atoms with E-state index in [9.17, 15) is 17.2 Å². The zero-order valence-electron chi connectivity index (χ0n) is 13.1. The minimum atomic E-state index is -4.04. The molecular formula is C15H13F2N5O2S. The van der Waals surface area contributed by atoms with E-state index in [2.05, 4.69) is 9.97 Å². The third-order valence-corrected chi connectivity index (χ3v) is 5.86. The van der Waals surface area contributed by atoms with E-state index in [0.29, 0.717) is 25.0 Å². The van der Waals surface area contributed by atoms with Gasteiger partial charge in [0.1, 0.15) is 17.7 Å². The Bertz CT molecular complexity index is 934. The molecule has 25 heavy (non-hydrogen) atoms. The molecule has 2 aromatic rings. The van der Waals surface area contributed by atoms with Crippen LogP contribution in [-0.4, -0.2) is 48.9 Å². The Kier molecular flexibility index (Phi) is 4.36. The van der Waals surface area contributed by atoms with Gasteiger partial charge >= 0.3 is 0 Å². The lowest BCUT2D eigenvalue weighted by Crippen LogP contribution is -2.60. The third kappa shape index (κ3) is 3.16. The molecule has 10 heteroatoms. The maximum Gasteiger partial charge on any atom is 0.243 e. The predicted octanol–water partition coefficient (Wildman–Crippen LogP) is 1.14. The van der Waals surface area contributed by atoms with Crippen LogP contribution in [0.25, 0.3) is 0 Å². The van der Waals surface area contributed by atoms with Crippen LogP contribution in [-0.2, 0) is 10.0 Å². The molecule has 1 saturated heterocycles. The van der Waals surface area contributed by atoms with Crippen molar-refractivity contribution in [1.29, 1.82) is 5.26 Å². The van der Waals surface area contributed by atoms with Crippen LogP contribution in [0.2, 0.25) is 0 Å². The number of aromatic nitrogens is 2. The molecule has 0 bridgehead atoms. The zero-order chi connectivity index (χ0) is 18.2. The van der Waals surface area contributed by atoms with Gasteiger partial charge in [-0.1, -0.05) is 0 Å². The van der Waals surface area contributed by atoms with Gasteiger partial charge in [-0.3, -0.25) is 0 Å². The fourth-order valence-corrected chi connectivity index (χ4v) is 3.92. The fraction of sp³-hybridized carbons (Fsp3) is 0.267. The van der Waals surface area contributed by atoms with Crippen LogP contribution in [0.1, 0.15) is 5.69 Å². The number of likely N-dealkylation sites (N-methyl/N-ethyl adjacent to an activating group) is 1. The van der Waals surface area contributed by atoms with E-state index in [1.165, 1.54) is 19.4 Å². The molecule has 1 aromatic carbocycles. The smallest absolute Gasteiger partial charge is 0.243 e. The number of hydrogen-bond donors (Lipinski definition) is 0. The molecule has 1 aromatic heterocycles. The Hall–Kier alpha value is -2.64. The summed E-state index contributed by atoms with van der Waals surface area (Å²) >= 11 is 0. The lowest BCUT2D eigenvalue weighted by molar-refractivity contribution is 0.309. The van der Waals surface area contributed by atoms with Gasteiger partial charge in [0.25, 0.3) is 0 Å². The first-order valence-corrected chi connectivity index (χ1v) is 8.67. The van der Waals surface area contributed by atoms with E-state index in [4.69, 9.17) is 5.26 Å². The van der Waals surface area contributed by atoms with Gasteiger partial charge in [-0.15, -0.1) is 0 Å². The molecule has 0 unspecified atom stereocenters. The molecular weight excluding hydrogens is 352 g/mol. The minimum absolute atomic E-state index is 0.152. The molecule has 3 rings (SSSR count). The van der Waals surface area contributed by atoms with Crippen LogP contribution in [0.15, 0.2) is 35.5 Å². The van der Waals surface area contributed by atoms with Gasteiger partial charge in [-0.25, -0.2) is 27.2 Å². The molecule has 0 aliphatic carbocycles. The van der Waals surface area contributed by atoms with Gasteiger partial charge in [0.2, 0.25) is 10.0 Å². The largest absolute Gasteiger partial charge is 0.351 e. The monoisotopic (exact) mass is 365 g/mol. The summed E-state index contributed by atoms with van der Waals surface area (Å²) in [5.41, 5.74) is 0.152. The first kappa shape index (κ1) is 17.2. The van der Waals surface area contributed by atoms with E-state index in [-0.39, 0.29) is 5.69 Å². The topological polar surface area (TPSA) is 90.2 Å². The molecule has 0 N–H and O–H groups in total. The molecule has 0 atom stereocenters. The van der Waals surface area contributed by atoms with Gasteiger partial charge in [0.15, 0.2) is 11.5 Å². The number of hydrogen-bond acceptors (Lipinski definition) is 6. The molecule has 1 aliphatic rings. The summed E-state index contributed by atoms with van der Waals surface area (Å²) < 4.78 is 52.7. The molecule has 0 radical (unpaired) electrons. The normalized spacial score (nSPS) is 15.1. The van der Waals surface area contributed by atoms with E-state index in [0.717, 1.165) is 16.4 Å². The highest BCUT2D eigenvalue weighted by Crippen LogP contribution is 2.27. The Morgan fingerprint density at radius 2 is 1.80 bits per heavy atom. The first-order valence-electron chi connectivity index (χ1n) is 7.23. The third-order valence-electron chi connectivity index (χ3n) is 3.97. The van der Waals surface area contributed by atoms with Crippen molar-refractivity contribution >= 4 is 15.8 Å². The predicted molar refractivity (Wildman–Crippen MR) is 84.1 cm³/mol. The highest BCUT2D eigenvalue weighted by atomic mass is 32.2.